The van der Waals surface area contributed by atoms with Crippen molar-refractivity contribution < 1.29 is 27.1 Å². The molecule has 0 aromatic rings. The van der Waals surface area contributed by atoms with Gasteiger partial charge >= 0.3 is 12.6 Å². The van der Waals surface area contributed by atoms with E-state index in [-0.39, 0.29) is 6.08 Å². The molecule has 0 amide bonds. The molecule has 0 spiro atoms. The Balaban J connectivity index is 3.90. The average Bonchev–Trinajstić information content (AvgIpc) is 1.86. The van der Waals surface area contributed by atoms with Gasteiger partial charge in [-0.15, -0.1) is 0 Å². The van der Waals surface area contributed by atoms with Crippen LogP contribution in [0.1, 0.15) is 0 Å². The Bertz CT molecular complexity index is 160. The van der Waals surface area contributed by atoms with Gasteiger partial charge in [-0.3, -0.25) is 0 Å². The van der Waals surface area contributed by atoms with Crippen molar-refractivity contribution in [3.63, 3.8) is 0 Å². The summed E-state index contributed by atoms with van der Waals surface area (Å²) in [6, 6.07) is 0. The number of hydrogen-bond acceptors (Lipinski definition) is 2. The summed E-state index contributed by atoms with van der Waals surface area (Å²) in [5.74, 6) is -2.28. The number of alkyl halides is 3. The third-order valence-corrected chi connectivity index (χ3v) is 0.676. The molecular formula is C5H3F4O2. The zero-order valence-electron chi connectivity index (χ0n) is 5.11. The van der Waals surface area contributed by atoms with Gasteiger partial charge in [-0.05, 0) is 6.08 Å². The second kappa shape index (κ2) is 3.95. The summed E-state index contributed by atoms with van der Waals surface area (Å²) in [7, 11) is 0. The third-order valence-electron chi connectivity index (χ3n) is 0.676. The van der Waals surface area contributed by atoms with Crippen molar-refractivity contribution in [1.29, 1.82) is 0 Å². The van der Waals surface area contributed by atoms with E-state index < -0.39 is 18.6 Å². The zero-order valence-corrected chi connectivity index (χ0v) is 5.11. The molecule has 0 aromatic carbocycles. The molecule has 0 atom stereocenters. The van der Waals surface area contributed by atoms with Crippen molar-refractivity contribution in [2.75, 3.05) is 6.61 Å². The lowest BCUT2D eigenvalue weighted by Crippen LogP contribution is -2.08. The first-order chi connectivity index (χ1) is 4.98. The number of halogens is 4. The van der Waals surface area contributed by atoms with Crippen LogP contribution in [0.3, 0.4) is 0 Å². The fourth-order valence-electron chi connectivity index (χ4n) is 0.265. The van der Waals surface area contributed by atoms with E-state index >= 15 is 0 Å². The maximum absolute atomic E-state index is 11.8. The molecule has 0 rings (SSSR count). The predicted molar refractivity (Wildman–Crippen MR) is 26.9 cm³/mol. The minimum absolute atomic E-state index is 0.102. The summed E-state index contributed by atoms with van der Waals surface area (Å²) in [4.78, 5) is 9.26. The first-order valence-corrected chi connectivity index (χ1v) is 2.40. The van der Waals surface area contributed by atoms with Crippen LogP contribution in [0.2, 0.25) is 0 Å². The van der Waals surface area contributed by atoms with Crippen LogP contribution in [0, 0.1) is 0 Å². The molecule has 0 unspecified atom stereocenters. The molecular weight excluding hydrogens is 168 g/mol. The molecule has 0 aliphatic carbocycles. The van der Waals surface area contributed by atoms with Crippen LogP contribution in [0.25, 0.3) is 0 Å². The van der Waals surface area contributed by atoms with Crippen molar-refractivity contribution in [1.82, 2.24) is 0 Å². The fourth-order valence-corrected chi connectivity index (χ4v) is 0.265. The first-order valence-electron chi connectivity index (χ1n) is 2.40. The number of ether oxygens (including phenoxy) is 1. The van der Waals surface area contributed by atoms with E-state index in [2.05, 4.69) is 4.74 Å². The lowest BCUT2D eigenvalue weighted by atomic mass is 10.5. The topological polar surface area (TPSA) is 26.3 Å². The lowest BCUT2D eigenvalue weighted by molar-refractivity contribution is -0.109. The van der Waals surface area contributed by atoms with Gasteiger partial charge in [-0.2, -0.15) is 13.2 Å². The predicted octanol–water partition coefficient (Wildman–Crippen LogP) is 1.49. The second-order valence-corrected chi connectivity index (χ2v) is 1.44. The second-order valence-electron chi connectivity index (χ2n) is 1.44. The Morgan fingerprint density at radius 2 is 2.09 bits per heavy atom. The molecule has 0 aromatic heterocycles. The van der Waals surface area contributed by atoms with Crippen LogP contribution in [0.4, 0.5) is 17.6 Å². The van der Waals surface area contributed by atoms with Crippen LogP contribution in [0.5, 0.6) is 0 Å². The van der Waals surface area contributed by atoms with E-state index in [1.165, 1.54) is 0 Å². The van der Waals surface area contributed by atoms with Crippen LogP contribution in [-0.4, -0.2) is 19.3 Å². The highest BCUT2D eigenvalue weighted by atomic mass is 19.4. The standard InChI is InChI=1S/C5H3F4O2/c6-4(5(7,8)9)1-2-11-3-10/h1H,2H2. The monoisotopic (exact) mass is 171 g/mol. The molecule has 0 fully saturated rings. The third kappa shape index (κ3) is 4.35. The highest BCUT2D eigenvalue weighted by molar-refractivity contribution is 5.38. The quantitative estimate of drug-likeness (QED) is 0.475. The fraction of sp³-hybridized carbons (Fsp3) is 0.400. The highest BCUT2D eigenvalue weighted by Gasteiger charge is 2.34. The van der Waals surface area contributed by atoms with Crippen molar-refractivity contribution in [3.05, 3.63) is 11.9 Å². The van der Waals surface area contributed by atoms with Crippen molar-refractivity contribution >= 4 is 6.47 Å². The van der Waals surface area contributed by atoms with Gasteiger partial charge in [0.05, 0.1) is 0 Å². The van der Waals surface area contributed by atoms with Gasteiger partial charge in [-0.25, -0.2) is 9.18 Å². The molecule has 2 nitrogen and oxygen atoms in total. The van der Waals surface area contributed by atoms with E-state index in [1.807, 2.05) is 0 Å². The molecule has 63 valence electrons. The molecule has 0 aliphatic rings. The molecule has 0 N–H and O–H groups in total. The summed E-state index contributed by atoms with van der Waals surface area (Å²) < 4.78 is 49.3. The molecule has 0 saturated heterocycles. The van der Waals surface area contributed by atoms with Crippen LogP contribution >= 0.6 is 0 Å². The number of rotatable bonds is 3. The highest BCUT2D eigenvalue weighted by Crippen LogP contribution is 2.25. The van der Waals surface area contributed by atoms with Crippen molar-refractivity contribution in [2.45, 2.75) is 6.18 Å². The summed E-state index contributed by atoms with van der Waals surface area (Å²) in [5.41, 5.74) is 0. The molecule has 0 aliphatic heterocycles. The minimum Gasteiger partial charge on any atom is -0.453 e. The molecule has 6 heteroatoms. The molecule has 0 saturated carbocycles. The molecule has 1 radical (unpaired) electrons. The van der Waals surface area contributed by atoms with Crippen molar-refractivity contribution in [2.24, 2.45) is 0 Å². The van der Waals surface area contributed by atoms with Crippen LogP contribution < -0.4 is 0 Å². The van der Waals surface area contributed by atoms with Gasteiger partial charge in [0.1, 0.15) is 6.61 Å². The van der Waals surface area contributed by atoms with E-state index in [0.29, 0.717) is 0 Å². The molecule has 0 bridgehead atoms. The lowest BCUT2D eigenvalue weighted by Gasteiger charge is -2.00. The number of allylic oxidation sites excluding steroid dienone is 1. The largest absolute Gasteiger partial charge is 0.453 e. The average molecular weight is 171 g/mol. The van der Waals surface area contributed by atoms with Crippen LogP contribution in [0.15, 0.2) is 11.9 Å². The Hall–Kier alpha value is -1.07. The van der Waals surface area contributed by atoms with Gasteiger partial charge in [-0.1, -0.05) is 0 Å². The summed E-state index contributed by atoms with van der Waals surface area (Å²) in [6.07, 6.45) is -4.91. The molecule has 0 heterocycles. The normalized spacial score (nSPS) is 12.9. The summed E-state index contributed by atoms with van der Waals surface area (Å²) in [6.45, 7) is 0.0769. The van der Waals surface area contributed by atoms with Gasteiger partial charge in [0, 0.05) is 0 Å². The Morgan fingerprint density at radius 1 is 1.55 bits per heavy atom. The van der Waals surface area contributed by atoms with Gasteiger partial charge < -0.3 is 4.74 Å². The van der Waals surface area contributed by atoms with Crippen molar-refractivity contribution in [3.8, 4) is 0 Å². The smallest absolute Gasteiger partial charge is 0.442 e. The summed E-state index contributed by atoms with van der Waals surface area (Å²) in [5, 5.41) is 0. The maximum atomic E-state index is 11.8. The van der Waals surface area contributed by atoms with Gasteiger partial charge in [0.2, 0.25) is 5.83 Å². The van der Waals surface area contributed by atoms with Crippen LogP contribution in [-0.2, 0) is 9.53 Å². The van der Waals surface area contributed by atoms with Gasteiger partial charge in [0.25, 0.3) is 0 Å². The Kier molecular flexibility index (Phi) is 3.56. The SMILES string of the molecule is O=[C]OCC=C(F)C(F)(F)F. The Labute approximate surface area is 59.4 Å². The van der Waals surface area contributed by atoms with Gasteiger partial charge in [0.15, 0.2) is 0 Å². The van der Waals surface area contributed by atoms with E-state index in [9.17, 15) is 22.4 Å². The first kappa shape index (κ1) is 9.93. The van der Waals surface area contributed by atoms with E-state index in [1.54, 1.807) is 0 Å². The summed E-state index contributed by atoms with van der Waals surface area (Å²) >= 11 is 0. The molecule has 11 heavy (non-hydrogen) atoms. The van der Waals surface area contributed by atoms with E-state index in [4.69, 9.17) is 0 Å². The van der Waals surface area contributed by atoms with E-state index in [0.717, 1.165) is 6.47 Å². The maximum Gasteiger partial charge on any atom is 0.442 e. The zero-order chi connectivity index (χ0) is 8.91. The Morgan fingerprint density at radius 3 is 2.45 bits per heavy atom. The minimum atomic E-state index is -5.01. The number of carbonyl (C=O) groups excluding carboxylic acids is 1. The number of hydrogen-bond donors (Lipinski definition) is 0.